The molecule has 2 aliphatic rings. The number of carbonyl (C=O) groups is 1. The van der Waals surface area contributed by atoms with Gasteiger partial charge in [-0.1, -0.05) is 30.3 Å². The number of alkyl carbamates (subject to hydrolysis) is 1. The Morgan fingerprint density at radius 2 is 2.00 bits per heavy atom. The molecule has 1 aromatic rings. The zero-order chi connectivity index (χ0) is 13.2. The number of amides is 1. The molecular weight excluding hydrogens is 240 g/mol. The van der Waals surface area contributed by atoms with Gasteiger partial charge in [0.2, 0.25) is 0 Å². The summed E-state index contributed by atoms with van der Waals surface area (Å²) in [5.74, 6) is 1.24. The number of benzene rings is 1. The maximum atomic E-state index is 11.4. The molecule has 0 spiro atoms. The predicted octanol–water partition coefficient (Wildman–Crippen LogP) is 1.86. The van der Waals surface area contributed by atoms with E-state index in [9.17, 15) is 4.79 Å². The molecule has 19 heavy (non-hydrogen) atoms. The minimum atomic E-state index is -0.267. The maximum Gasteiger partial charge on any atom is 0.407 e. The average Bonchev–Trinajstić information content (AvgIpc) is 2.86. The maximum absolute atomic E-state index is 11.4. The first kappa shape index (κ1) is 12.5. The summed E-state index contributed by atoms with van der Waals surface area (Å²) in [6.45, 7) is 5.44. The highest BCUT2D eigenvalue weighted by atomic mass is 16.5. The highest BCUT2D eigenvalue weighted by molar-refractivity contribution is 5.68. The molecule has 1 saturated carbocycles. The summed E-state index contributed by atoms with van der Waals surface area (Å²) < 4.78 is 4.92. The van der Waals surface area contributed by atoms with Crippen LogP contribution in [0.25, 0.3) is 0 Å². The Hall–Kier alpha value is -1.55. The summed E-state index contributed by atoms with van der Waals surface area (Å²) in [4.78, 5) is 13.8. The fourth-order valence-corrected chi connectivity index (χ4v) is 3.11. The van der Waals surface area contributed by atoms with Crippen molar-refractivity contribution >= 4 is 6.09 Å². The topological polar surface area (TPSA) is 41.6 Å². The van der Waals surface area contributed by atoms with Crippen molar-refractivity contribution < 1.29 is 9.53 Å². The van der Waals surface area contributed by atoms with E-state index in [0.717, 1.165) is 19.6 Å². The van der Waals surface area contributed by atoms with Crippen LogP contribution < -0.4 is 5.32 Å². The molecule has 1 saturated heterocycles. The van der Waals surface area contributed by atoms with Gasteiger partial charge in [-0.2, -0.15) is 0 Å². The van der Waals surface area contributed by atoms with E-state index in [0.29, 0.717) is 24.5 Å². The van der Waals surface area contributed by atoms with Gasteiger partial charge in [0.1, 0.15) is 0 Å². The SMILES string of the molecule is CCOC(=O)NC1[C@H]2CN(Cc3ccccc3)C[C@@H]12. The van der Waals surface area contributed by atoms with Gasteiger partial charge in [0.15, 0.2) is 0 Å². The van der Waals surface area contributed by atoms with Crippen molar-refractivity contribution in [1.82, 2.24) is 10.2 Å². The summed E-state index contributed by atoms with van der Waals surface area (Å²) in [5.41, 5.74) is 1.36. The van der Waals surface area contributed by atoms with E-state index >= 15 is 0 Å². The molecule has 3 atom stereocenters. The molecule has 1 amide bonds. The lowest BCUT2D eigenvalue weighted by atomic mass is 10.2. The number of nitrogens with one attached hydrogen (secondary N) is 1. The van der Waals surface area contributed by atoms with E-state index in [1.54, 1.807) is 0 Å². The molecule has 1 heterocycles. The van der Waals surface area contributed by atoms with Gasteiger partial charge in [0, 0.05) is 25.7 Å². The summed E-state index contributed by atoms with van der Waals surface area (Å²) in [5, 5.41) is 2.95. The Morgan fingerprint density at radius 1 is 1.32 bits per heavy atom. The number of rotatable bonds is 4. The largest absolute Gasteiger partial charge is 0.450 e. The molecule has 4 heteroatoms. The van der Waals surface area contributed by atoms with Crippen molar-refractivity contribution in [3.05, 3.63) is 35.9 Å². The number of nitrogens with zero attached hydrogens (tertiary/aromatic N) is 1. The predicted molar refractivity (Wildman–Crippen MR) is 72.6 cm³/mol. The smallest absolute Gasteiger partial charge is 0.407 e. The Morgan fingerprint density at radius 3 is 2.63 bits per heavy atom. The highest BCUT2D eigenvalue weighted by Crippen LogP contribution is 2.45. The van der Waals surface area contributed by atoms with Crippen molar-refractivity contribution in [2.45, 2.75) is 19.5 Å². The Labute approximate surface area is 113 Å². The molecule has 1 aliphatic carbocycles. The molecule has 1 unspecified atom stereocenters. The number of piperidine rings is 1. The van der Waals surface area contributed by atoms with Gasteiger partial charge in [-0.25, -0.2) is 4.79 Å². The van der Waals surface area contributed by atoms with Gasteiger partial charge in [0.05, 0.1) is 6.61 Å². The molecule has 4 nitrogen and oxygen atoms in total. The third kappa shape index (κ3) is 2.73. The zero-order valence-electron chi connectivity index (χ0n) is 11.2. The quantitative estimate of drug-likeness (QED) is 0.898. The van der Waals surface area contributed by atoms with Crippen LogP contribution in [0, 0.1) is 11.8 Å². The van der Waals surface area contributed by atoms with E-state index in [2.05, 4.69) is 34.5 Å². The van der Waals surface area contributed by atoms with Gasteiger partial charge < -0.3 is 10.1 Å². The van der Waals surface area contributed by atoms with Crippen LogP contribution in [0.3, 0.4) is 0 Å². The summed E-state index contributed by atoms with van der Waals surface area (Å²) in [6, 6.07) is 10.9. The first-order valence-electron chi connectivity index (χ1n) is 6.97. The molecule has 102 valence electrons. The Balaban J connectivity index is 1.44. The summed E-state index contributed by atoms with van der Waals surface area (Å²) >= 11 is 0. The van der Waals surface area contributed by atoms with Gasteiger partial charge in [-0.05, 0) is 24.3 Å². The second-order valence-electron chi connectivity index (χ2n) is 5.40. The lowest BCUT2D eigenvalue weighted by molar-refractivity contribution is 0.149. The Bertz CT molecular complexity index is 437. The fourth-order valence-electron chi connectivity index (χ4n) is 3.11. The molecule has 1 N–H and O–H groups in total. The van der Waals surface area contributed by atoms with Crippen molar-refractivity contribution in [3.63, 3.8) is 0 Å². The number of ether oxygens (including phenoxy) is 1. The number of likely N-dealkylation sites (tertiary alicyclic amines) is 1. The molecule has 0 bridgehead atoms. The van der Waals surface area contributed by atoms with Gasteiger partial charge in [-0.3, -0.25) is 4.90 Å². The van der Waals surface area contributed by atoms with Crippen LogP contribution in [0.5, 0.6) is 0 Å². The second-order valence-corrected chi connectivity index (χ2v) is 5.40. The van der Waals surface area contributed by atoms with Gasteiger partial charge in [-0.15, -0.1) is 0 Å². The monoisotopic (exact) mass is 260 g/mol. The number of hydrogen-bond donors (Lipinski definition) is 1. The highest BCUT2D eigenvalue weighted by Gasteiger charge is 2.56. The van der Waals surface area contributed by atoms with E-state index in [-0.39, 0.29) is 6.09 Å². The minimum absolute atomic E-state index is 0.267. The number of carbonyl (C=O) groups excluding carboxylic acids is 1. The Kier molecular flexibility index (Phi) is 3.42. The summed E-state index contributed by atoms with van der Waals surface area (Å²) in [6.07, 6.45) is -0.267. The van der Waals surface area contributed by atoms with E-state index in [4.69, 9.17) is 4.74 Å². The lowest BCUT2D eigenvalue weighted by Gasteiger charge is -2.19. The molecule has 0 aromatic heterocycles. The van der Waals surface area contributed by atoms with Crippen molar-refractivity contribution in [1.29, 1.82) is 0 Å². The van der Waals surface area contributed by atoms with Crippen molar-refractivity contribution in [2.75, 3.05) is 19.7 Å². The van der Waals surface area contributed by atoms with Gasteiger partial charge in [0.25, 0.3) is 0 Å². The average molecular weight is 260 g/mol. The van der Waals surface area contributed by atoms with Crippen LogP contribution in [0.1, 0.15) is 12.5 Å². The van der Waals surface area contributed by atoms with Gasteiger partial charge >= 0.3 is 6.09 Å². The van der Waals surface area contributed by atoms with Crippen LogP contribution >= 0.6 is 0 Å². The molecule has 3 rings (SSSR count). The second kappa shape index (κ2) is 5.21. The normalized spacial score (nSPS) is 28.8. The van der Waals surface area contributed by atoms with Crippen LogP contribution in [-0.4, -0.2) is 36.7 Å². The van der Waals surface area contributed by atoms with Crippen molar-refractivity contribution in [3.8, 4) is 0 Å². The first-order valence-corrected chi connectivity index (χ1v) is 6.97. The van der Waals surface area contributed by atoms with E-state index in [1.807, 2.05) is 13.0 Å². The first-order chi connectivity index (χ1) is 9.28. The van der Waals surface area contributed by atoms with Crippen molar-refractivity contribution in [2.24, 2.45) is 11.8 Å². The lowest BCUT2D eigenvalue weighted by Crippen LogP contribution is -2.34. The third-order valence-electron chi connectivity index (χ3n) is 4.08. The van der Waals surface area contributed by atoms with E-state index in [1.165, 1.54) is 5.56 Å². The van der Waals surface area contributed by atoms with Crippen LogP contribution in [0.15, 0.2) is 30.3 Å². The zero-order valence-corrected chi connectivity index (χ0v) is 11.2. The van der Waals surface area contributed by atoms with Crippen LogP contribution in [0.4, 0.5) is 4.79 Å². The molecular formula is C15H20N2O2. The standard InChI is InChI=1S/C15H20N2O2/c1-2-19-15(18)16-14-12-9-17(10-13(12)14)8-11-6-4-3-5-7-11/h3-7,12-14H,2,8-10H2,1H3,(H,16,18)/t12-,13+,14?. The number of fused-ring (bicyclic) bond motifs is 1. The third-order valence-corrected chi connectivity index (χ3v) is 4.08. The molecule has 1 aromatic carbocycles. The van der Waals surface area contributed by atoms with E-state index < -0.39 is 0 Å². The minimum Gasteiger partial charge on any atom is -0.450 e. The fraction of sp³-hybridized carbons (Fsp3) is 0.533. The number of hydrogen-bond acceptors (Lipinski definition) is 3. The van der Waals surface area contributed by atoms with Crippen LogP contribution in [0.2, 0.25) is 0 Å². The van der Waals surface area contributed by atoms with Crippen LogP contribution in [-0.2, 0) is 11.3 Å². The summed E-state index contributed by atoms with van der Waals surface area (Å²) in [7, 11) is 0. The molecule has 0 radical (unpaired) electrons. The molecule has 2 fully saturated rings. The molecule has 1 aliphatic heterocycles.